The second-order valence-electron chi connectivity index (χ2n) is 7.02. The van der Waals surface area contributed by atoms with Gasteiger partial charge in [-0.1, -0.05) is 12.1 Å². The van der Waals surface area contributed by atoms with Crippen molar-refractivity contribution in [2.75, 3.05) is 43.4 Å². The normalized spacial score (nSPS) is 15.9. The van der Waals surface area contributed by atoms with E-state index in [0.29, 0.717) is 31.9 Å². The lowest BCUT2D eigenvalue weighted by Crippen LogP contribution is -2.44. The Morgan fingerprint density at radius 3 is 2.13 bits per heavy atom. The average molecular weight is 431 g/mol. The standard InChI is InChI=1S/C20H19F6N3O/c1-28-8-10-29(11-9-28)17-7-6-13(19(21,22)23)12-16(17)27-18(30)14-4-2-3-5-15(14)20(24,25)26/h2-7,12H,8-11H2,1H3,(H,27,30). The van der Waals surface area contributed by atoms with Gasteiger partial charge in [-0.3, -0.25) is 4.79 Å². The van der Waals surface area contributed by atoms with E-state index >= 15 is 0 Å². The van der Waals surface area contributed by atoms with Gasteiger partial charge >= 0.3 is 12.4 Å². The van der Waals surface area contributed by atoms with Gasteiger partial charge in [0.15, 0.2) is 0 Å². The number of rotatable bonds is 3. The predicted molar refractivity (Wildman–Crippen MR) is 101 cm³/mol. The molecule has 0 saturated carbocycles. The Labute approximate surface area is 169 Å². The molecule has 1 aliphatic heterocycles. The van der Waals surface area contributed by atoms with Crippen molar-refractivity contribution in [3.8, 4) is 0 Å². The van der Waals surface area contributed by atoms with Crippen LogP contribution < -0.4 is 10.2 Å². The van der Waals surface area contributed by atoms with Crippen LogP contribution in [0.25, 0.3) is 0 Å². The number of benzene rings is 2. The molecule has 10 heteroatoms. The van der Waals surface area contributed by atoms with Crippen LogP contribution in [0.4, 0.5) is 37.7 Å². The quantitative estimate of drug-likeness (QED) is 0.714. The second-order valence-corrected chi connectivity index (χ2v) is 7.02. The van der Waals surface area contributed by atoms with Crippen molar-refractivity contribution in [1.29, 1.82) is 0 Å². The summed E-state index contributed by atoms with van der Waals surface area (Å²) < 4.78 is 79.3. The monoisotopic (exact) mass is 431 g/mol. The molecule has 4 nitrogen and oxygen atoms in total. The molecular formula is C20H19F6N3O. The minimum absolute atomic E-state index is 0.184. The Balaban J connectivity index is 1.98. The number of alkyl halides is 6. The molecule has 3 rings (SSSR count). The lowest BCUT2D eigenvalue weighted by atomic mass is 10.1. The summed E-state index contributed by atoms with van der Waals surface area (Å²) in [5, 5.41) is 2.27. The van der Waals surface area contributed by atoms with Gasteiger partial charge in [-0.15, -0.1) is 0 Å². The summed E-state index contributed by atoms with van der Waals surface area (Å²) in [7, 11) is 1.90. The van der Waals surface area contributed by atoms with Crippen LogP contribution in [0.3, 0.4) is 0 Å². The van der Waals surface area contributed by atoms with Crippen LogP contribution in [0, 0.1) is 0 Å². The molecule has 162 valence electrons. The number of amides is 1. The fourth-order valence-corrected chi connectivity index (χ4v) is 3.25. The molecule has 1 fully saturated rings. The Morgan fingerprint density at radius 2 is 1.53 bits per heavy atom. The van der Waals surface area contributed by atoms with E-state index in [4.69, 9.17) is 0 Å². The van der Waals surface area contributed by atoms with E-state index in [-0.39, 0.29) is 5.69 Å². The number of nitrogens with one attached hydrogen (secondary N) is 1. The molecule has 30 heavy (non-hydrogen) atoms. The second kappa shape index (κ2) is 8.17. The van der Waals surface area contributed by atoms with Gasteiger partial charge < -0.3 is 15.1 Å². The molecule has 0 atom stereocenters. The van der Waals surface area contributed by atoms with Gasteiger partial charge in [-0.25, -0.2) is 0 Å². The molecule has 1 aliphatic rings. The van der Waals surface area contributed by atoms with Crippen LogP contribution in [-0.2, 0) is 12.4 Å². The number of hydrogen-bond acceptors (Lipinski definition) is 3. The highest BCUT2D eigenvalue weighted by atomic mass is 19.4. The van der Waals surface area contributed by atoms with E-state index in [0.717, 1.165) is 30.3 Å². The number of likely N-dealkylation sites (N-methyl/N-ethyl adjacent to an activating group) is 1. The van der Waals surface area contributed by atoms with Gasteiger partial charge in [0.25, 0.3) is 5.91 Å². The summed E-state index contributed by atoms with van der Waals surface area (Å²) >= 11 is 0. The highest BCUT2D eigenvalue weighted by Gasteiger charge is 2.36. The summed E-state index contributed by atoms with van der Waals surface area (Å²) in [6, 6.07) is 7.02. The zero-order valence-corrected chi connectivity index (χ0v) is 15.9. The highest BCUT2D eigenvalue weighted by molar-refractivity contribution is 6.07. The Bertz CT molecular complexity index is 917. The number of carbonyl (C=O) groups excluding carboxylic acids is 1. The van der Waals surface area contributed by atoms with E-state index in [1.54, 1.807) is 4.90 Å². The van der Waals surface area contributed by atoms with E-state index in [1.807, 2.05) is 11.9 Å². The molecule has 0 radical (unpaired) electrons. The molecule has 1 N–H and O–H groups in total. The van der Waals surface area contributed by atoms with Crippen LogP contribution in [0.15, 0.2) is 42.5 Å². The van der Waals surface area contributed by atoms with Gasteiger partial charge in [0.2, 0.25) is 0 Å². The van der Waals surface area contributed by atoms with Gasteiger partial charge in [0, 0.05) is 26.2 Å². The molecule has 2 aromatic rings. The van der Waals surface area contributed by atoms with Crippen molar-refractivity contribution in [2.24, 2.45) is 0 Å². The fraction of sp³-hybridized carbons (Fsp3) is 0.350. The molecule has 0 spiro atoms. The third-order valence-corrected chi connectivity index (χ3v) is 4.89. The number of anilines is 2. The van der Waals surface area contributed by atoms with Crippen molar-refractivity contribution in [1.82, 2.24) is 4.90 Å². The van der Waals surface area contributed by atoms with Crippen molar-refractivity contribution < 1.29 is 31.1 Å². The highest BCUT2D eigenvalue weighted by Crippen LogP contribution is 2.37. The number of carbonyl (C=O) groups is 1. The summed E-state index contributed by atoms with van der Waals surface area (Å²) in [4.78, 5) is 16.4. The molecule has 0 bridgehead atoms. The zero-order valence-electron chi connectivity index (χ0n) is 15.9. The van der Waals surface area contributed by atoms with Crippen LogP contribution in [0.2, 0.25) is 0 Å². The lowest BCUT2D eigenvalue weighted by Gasteiger charge is -2.35. The van der Waals surface area contributed by atoms with Crippen molar-refractivity contribution in [2.45, 2.75) is 12.4 Å². The SMILES string of the molecule is CN1CCN(c2ccc(C(F)(F)F)cc2NC(=O)c2ccccc2C(F)(F)F)CC1. The molecule has 1 heterocycles. The predicted octanol–water partition coefficient (Wildman–Crippen LogP) is 4.73. The number of halogens is 6. The van der Waals surface area contributed by atoms with Gasteiger partial charge in [0.1, 0.15) is 0 Å². The smallest absolute Gasteiger partial charge is 0.367 e. The number of nitrogens with zero attached hydrogens (tertiary/aromatic N) is 2. The summed E-state index contributed by atoms with van der Waals surface area (Å²) in [6.45, 7) is 2.32. The van der Waals surface area contributed by atoms with Crippen molar-refractivity contribution in [3.05, 3.63) is 59.2 Å². The first-order chi connectivity index (χ1) is 14.0. The topological polar surface area (TPSA) is 35.6 Å². The van der Waals surface area contributed by atoms with Crippen LogP contribution >= 0.6 is 0 Å². The fourth-order valence-electron chi connectivity index (χ4n) is 3.25. The minimum atomic E-state index is -4.78. The largest absolute Gasteiger partial charge is 0.417 e. The average Bonchev–Trinajstić information content (AvgIpc) is 2.67. The molecule has 1 saturated heterocycles. The summed E-state index contributed by atoms with van der Waals surface area (Å²) in [6.07, 6.45) is -9.44. The van der Waals surface area contributed by atoms with E-state index in [2.05, 4.69) is 5.32 Å². The van der Waals surface area contributed by atoms with E-state index in [9.17, 15) is 31.1 Å². The summed E-state index contributed by atoms with van der Waals surface area (Å²) in [5.41, 5.74) is -2.67. The molecule has 1 amide bonds. The molecule has 0 aliphatic carbocycles. The summed E-state index contributed by atoms with van der Waals surface area (Å²) in [5.74, 6) is -1.13. The van der Waals surface area contributed by atoms with Crippen LogP contribution in [0.1, 0.15) is 21.5 Å². The maximum atomic E-state index is 13.2. The molecule has 0 aromatic heterocycles. The zero-order chi connectivity index (χ0) is 22.1. The van der Waals surface area contributed by atoms with Gasteiger partial charge in [0.05, 0.1) is 28.1 Å². The van der Waals surface area contributed by atoms with E-state index < -0.39 is 35.0 Å². The van der Waals surface area contributed by atoms with Gasteiger partial charge in [-0.05, 0) is 37.4 Å². The number of hydrogen-bond donors (Lipinski definition) is 1. The first-order valence-electron chi connectivity index (χ1n) is 9.09. The van der Waals surface area contributed by atoms with Gasteiger partial charge in [-0.2, -0.15) is 26.3 Å². The molecular weight excluding hydrogens is 412 g/mol. The van der Waals surface area contributed by atoms with Crippen LogP contribution in [0.5, 0.6) is 0 Å². The van der Waals surface area contributed by atoms with E-state index in [1.165, 1.54) is 12.1 Å². The Kier molecular flexibility index (Phi) is 5.98. The number of piperazine rings is 1. The Morgan fingerprint density at radius 1 is 0.900 bits per heavy atom. The first-order valence-corrected chi connectivity index (χ1v) is 9.09. The molecule has 2 aromatic carbocycles. The van der Waals surface area contributed by atoms with Crippen molar-refractivity contribution >= 4 is 17.3 Å². The lowest BCUT2D eigenvalue weighted by molar-refractivity contribution is -0.138. The minimum Gasteiger partial charge on any atom is -0.367 e. The first kappa shape index (κ1) is 21.9. The third kappa shape index (κ3) is 4.86. The molecule has 0 unspecified atom stereocenters. The third-order valence-electron chi connectivity index (χ3n) is 4.89. The van der Waals surface area contributed by atoms with Crippen molar-refractivity contribution in [3.63, 3.8) is 0 Å². The maximum Gasteiger partial charge on any atom is 0.417 e. The maximum absolute atomic E-state index is 13.2. The Hall–Kier alpha value is -2.75. The van der Waals surface area contributed by atoms with Crippen LogP contribution in [-0.4, -0.2) is 44.0 Å².